The van der Waals surface area contributed by atoms with Gasteiger partial charge in [-0.1, -0.05) is 18.2 Å². The van der Waals surface area contributed by atoms with Gasteiger partial charge in [-0.15, -0.1) is 0 Å². The normalized spacial score (nSPS) is 10.7. The third-order valence-corrected chi connectivity index (χ3v) is 3.93. The number of hydrogen-bond donors (Lipinski definition) is 1. The Bertz CT molecular complexity index is 904. The Morgan fingerprint density at radius 1 is 1.17 bits per heavy atom. The predicted octanol–water partition coefficient (Wildman–Crippen LogP) is 3.87. The van der Waals surface area contributed by atoms with E-state index in [9.17, 15) is 9.18 Å². The highest BCUT2D eigenvalue weighted by atomic mass is 19.1. The highest BCUT2D eigenvalue weighted by molar-refractivity contribution is 6.10. The molecule has 0 amide bonds. The Labute approximate surface area is 138 Å². The van der Waals surface area contributed by atoms with Crippen LogP contribution in [0.5, 0.6) is 5.75 Å². The smallest absolute Gasteiger partial charge is 0.342 e. The number of carbonyl (C=O) groups excluding carboxylic acids is 1. The summed E-state index contributed by atoms with van der Waals surface area (Å²) < 4.78 is 23.9. The van der Waals surface area contributed by atoms with Crippen molar-refractivity contribution in [2.45, 2.75) is 0 Å². The maximum absolute atomic E-state index is 14.0. The minimum absolute atomic E-state index is 0.164. The number of carbonyl (C=O) groups is 1. The van der Waals surface area contributed by atoms with Gasteiger partial charge in [-0.2, -0.15) is 0 Å². The highest BCUT2D eigenvalue weighted by Crippen LogP contribution is 2.34. The quantitative estimate of drug-likeness (QED) is 0.739. The lowest BCUT2D eigenvalue weighted by atomic mass is 10.1. The van der Waals surface area contributed by atoms with Crippen LogP contribution in [0.2, 0.25) is 0 Å². The lowest BCUT2D eigenvalue weighted by Gasteiger charge is -2.19. The van der Waals surface area contributed by atoms with E-state index in [2.05, 4.69) is 4.98 Å². The molecule has 124 valence electrons. The fraction of sp³-hybridized carbons (Fsp3) is 0.167. The second-order valence-electron chi connectivity index (χ2n) is 5.26. The van der Waals surface area contributed by atoms with Crippen molar-refractivity contribution in [3.63, 3.8) is 0 Å². The van der Waals surface area contributed by atoms with Gasteiger partial charge in [-0.25, -0.2) is 9.18 Å². The first-order valence-corrected chi connectivity index (χ1v) is 7.33. The summed E-state index contributed by atoms with van der Waals surface area (Å²) in [5.74, 6) is -0.231. The van der Waals surface area contributed by atoms with Crippen molar-refractivity contribution in [3.8, 4) is 5.75 Å². The average Bonchev–Trinajstić information content (AvgIpc) is 2.99. The van der Waals surface area contributed by atoms with Crippen LogP contribution in [-0.2, 0) is 4.74 Å². The van der Waals surface area contributed by atoms with E-state index in [4.69, 9.17) is 9.47 Å². The number of nitrogens with one attached hydrogen (secondary N) is 1. The monoisotopic (exact) mass is 328 g/mol. The zero-order chi connectivity index (χ0) is 17.3. The first kappa shape index (κ1) is 15.9. The molecule has 1 aromatic heterocycles. The predicted molar refractivity (Wildman–Crippen MR) is 90.7 cm³/mol. The lowest BCUT2D eigenvalue weighted by Crippen LogP contribution is -2.14. The number of aromatic amines is 1. The van der Waals surface area contributed by atoms with Gasteiger partial charge >= 0.3 is 5.97 Å². The van der Waals surface area contributed by atoms with Crippen LogP contribution in [-0.4, -0.2) is 32.2 Å². The SMILES string of the molecule is COC(=O)c1c(N(C)c2ccc(OC)c(F)c2)[nH]c2ccccc12. The molecule has 0 fully saturated rings. The molecule has 0 saturated carbocycles. The molecule has 0 aliphatic heterocycles. The highest BCUT2D eigenvalue weighted by Gasteiger charge is 2.22. The molecule has 0 atom stereocenters. The number of nitrogens with zero attached hydrogens (tertiary/aromatic N) is 1. The topological polar surface area (TPSA) is 54.6 Å². The number of rotatable bonds is 4. The van der Waals surface area contributed by atoms with Gasteiger partial charge in [-0.05, 0) is 18.2 Å². The van der Waals surface area contributed by atoms with E-state index in [-0.39, 0.29) is 5.75 Å². The number of anilines is 2. The molecule has 3 aromatic rings. The number of methoxy groups -OCH3 is 2. The number of benzene rings is 2. The van der Waals surface area contributed by atoms with Gasteiger partial charge in [0.15, 0.2) is 11.6 Å². The van der Waals surface area contributed by atoms with E-state index in [1.807, 2.05) is 24.3 Å². The zero-order valence-electron chi connectivity index (χ0n) is 13.6. The Kier molecular flexibility index (Phi) is 4.12. The molecule has 0 bridgehead atoms. The molecule has 5 nitrogen and oxygen atoms in total. The van der Waals surface area contributed by atoms with Crippen molar-refractivity contribution in [2.75, 3.05) is 26.2 Å². The van der Waals surface area contributed by atoms with Crippen molar-refractivity contribution >= 4 is 28.4 Å². The second kappa shape index (κ2) is 6.23. The van der Waals surface area contributed by atoms with Gasteiger partial charge in [0, 0.05) is 29.7 Å². The van der Waals surface area contributed by atoms with Crippen molar-refractivity contribution in [3.05, 3.63) is 53.8 Å². The fourth-order valence-corrected chi connectivity index (χ4v) is 2.68. The van der Waals surface area contributed by atoms with E-state index in [1.54, 1.807) is 24.1 Å². The number of halogens is 1. The molecule has 1 N–H and O–H groups in total. The summed E-state index contributed by atoms with van der Waals surface area (Å²) >= 11 is 0. The maximum atomic E-state index is 14.0. The molecule has 0 aliphatic rings. The summed E-state index contributed by atoms with van der Waals surface area (Å²) in [6, 6.07) is 12.0. The molecule has 0 spiro atoms. The fourth-order valence-electron chi connectivity index (χ4n) is 2.68. The van der Waals surface area contributed by atoms with E-state index >= 15 is 0 Å². The van der Waals surface area contributed by atoms with E-state index in [1.165, 1.54) is 20.3 Å². The van der Waals surface area contributed by atoms with Gasteiger partial charge in [-0.3, -0.25) is 0 Å². The molecule has 1 heterocycles. The van der Waals surface area contributed by atoms with E-state index < -0.39 is 11.8 Å². The van der Waals surface area contributed by atoms with Crippen molar-refractivity contribution in [2.24, 2.45) is 0 Å². The second-order valence-corrected chi connectivity index (χ2v) is 5.26. The summed E-state index contributed by atoms with van der Waals surface area (Å²) in [7, 11) is 4.49. The minimum atomic E-state index is -0.474. The number of hydrogen-bond acceptors (Lipinski definition) is 4. The van der Waals surface area contributed by atoms with Crippen LogP contribution in [0.25, 0.3) is 10.9 Å². The molecule has 24 heavy (non-hydrogen) atoms. The zero-order valence-corrected chi connectivity index (χ0v) is 13.6. The molecule has 3 rings (SSSR count). The number of ether oxygens (including phenoxy) is 2. The number of aromatic nitrogens is 1. The third kappa shape index (κ3) is 2.56. The number of esters is 1. The van der Waals surface area contributed by atoms with Crippen LogP contribution in [0.3, 0.4) is 0 Å². The van der Waals surface area contributed by atoms with Crippen molar-refractivity contribution in [1.29, 1.82) is 0 Å². The largest absolute Gasteiger partial charge is 0.494 e. The number of H-pyrrole nitrogens is 1. The Hall–Kier alpha value is -3.02. The Balaban J connectivity index is 2.14. The Morgan fingerprint density at radius 2 is 1.92 bits per heavy atom. The van der Waals surface area contributed by atoms with Crippen LogP contribution >= 0.6 is 0 Å². The summed E-state index contributed by atoms with van der Waals surface area (Å²) in [6.07, 6.45) is 0. The first-order valence-electron chi connectivity index (χ1n) is 7.33. The van der Waals surface area contributed by atoms with Gasteiger partial charge in [0.25, 0.3) is 0 Å². The van der Waals surface area contributed by atoms with Gasteiger partial charge in [0.05, 0.1) is 14.2 Å². The molecule has 2 aromatic carbocycles. The molecule has 0 radical (unpaired) electrons. The summed E-state index contributed by atoms with van der Waals surface area (Å²) in [5.41, 5.74) is 1.78. The van der Waals surface area contributed by atoms with Crippen molar-refractivity contribution < 1.29 is 18.7 Å². The minimum Gasteiger partial charge on any atom is -0.494 e. The van der Waals surface area contributed by atoms with E-state index in [0.717, 1.165) is 10.9 Å². The molecule has 6 heteroatoms. The number of para-hydroxylation sites is 1. The maximum Gasteiger partial charge on any atom is 0.342 e. The molecule has 0 unspecified atom stereocenters. The van der Waals surface area contributed by atoms with Crippen LogP contribution in [0.15, 0.2) is 42.5 Å². The van der Waals surface area contributed by atoms with Crippen LogP contribution in [0.1, 0.15) is 10.4 Å². The average molecular weight is 328 g/mol. The van der Waals surface area contributed by atoms with Gasteiger partial charge in [0.2, 0.25) is 0 Å². The van der Waals surface area contributed by atoms with Crippen LogP contribution in [0.4, 0.5) is 15.9 Å². The standard InChI is InChI=1S/C18H17FN2O3/c1-21(11-8-9-15(23-2)13(19)10-11)17-16(18(22)24-3)12-6-4-5-7-14(12)20-17/h4-10,20H,1-3H3. The van der Waals surface area contributed by atoms with Gasteiger partial charge < -0.3 is 19.4 Å². The molecule has 0 saturated heterocycles. The molecule has 0 aliphatic carbocycles. The summed E-state index contributed by atoms with van der Waals surface area (Å²) in [6.45, 7) is 0. The first-order chi connectivity index (χ1) is 11.6. The van der Waals surface area contributed by atoms with Crippen LogP contribution in [0, 0.1) is 5.82 Å². The number of fused-ring (bicyclic) bond motifs is 1. The van der Waals surface area contributed by atoms with Gasteiger partial charge in [0.1, 0.15) is 11.4 Å². The van der Waals surface area contributed by atoms with Crippen molar-refractivity contribution in [1.82, 2.24) is 4.98 Å². The summed E-state index contributed by atoms with van der Waals surface area (Å²) in [5, 5.41) is 0.750. The molecular formula is C18H17FN2O3. The van der Waals surface area contributed by atoms with E-state index in [0.29, 0.717) is 17.1 Å². The summed E-state index contributed by atoms with van der Waals surface area (Å²) in [4.78, 5) is 17.1. The lowest BCUT2D eigenvalue weighted by molar-refractivity contribution is 0.0604. The molecular weight excluding hydrogens is 311 g/mol. The Morgan fingerprint density at radius 3 is 2.58 bits per heavy atom. The van der Waals surface area contributed by atoms with Crippen LogP contribution < -0.4 is 9.64 Å². The third-order valence-electron chi connectivity index (χ3n) is 3.93.